The molecule has 238 valence electrons. The first-order chi connectivity index (χ1) is 21.5. The molecule has 1 aliphatic heterocycles. The van der Waals surface area contributed by atoms with Gasteiger partial charge >= 0.3 is 5.97 Å². The summed E-state index contributed by atoms with van der Waals surface area (Å²) in [6.07, 6.45) is 13.7. The molecule has 1 unspecified atom stereocenters. The Morgan fingerprint density at radius 3 is 2.33 bits per heavy atom. The van der Waals surface area contributed by atoms with Crippen molar-refractivity contribution in [2.75, 3.05) is 13.1 Å². The van der Waals surface area contributed by atoms with Crippen LogP contribution in [0.3, 0.4) is 0 Å². The molecule has 8 nitrogen and oxygen atoms in total. The fourth-order valence-electron chi connectivity index (χ4n) is 5.90. The molecule has 0 spiro atoms. The van der Waals surface area contributed by atoms with Crippen LogP contribution in [0.1, 0.15) is 91.9 Å². The number of benzene rings is 1. The minimum absolute atomic E-state index is 0.0850. The molecule has 5 rings (SSSR count). The second-order valence-electron chi connectivity index (χ2n) is 13.4. The molecule has 1 aliphatic carbocycles. The van der Waals surface area contributed by atoms with Crippen molar-refractivity contribution in [1.82, 2.24) is 20.2 Å². The SMILES string of the molecule is CCCCC1CC=C(c2cnc(-c3ccc(C[C@H](NC(=O)c4ccc(C(C)(C)C)s4)C(=O)N4CC(C(=O)O)C4)cc3)nc2)CC1. The van der Waals surface area contributed by atoms with E-state index in [4.69, 9.17) is 0 Å². The van der Waals surface area contributed by atoms with Crippen LogP contribution in [0.2, 0.25) is 0 Å². The number of carbonyl (C=O) groups is 3. The average Bonchev–Trinajstić information content (AvgIpc) is 3.51. The highest BCUT2D eigenvalue weighted by molar-refractivity contribution is 7.14. The predicted octanol–water partition coefficient (Wildman–Crippen LogP) is 6.76. The first-order valence-corrected chi connectivity index (χ1v) is 16.9. The van der Waals surface area contributed by atoms with Gasteiger partial charge in [-0.2, -0.15) is 0 Å². The lowest BCUT2D eigenvalue weighted by atomic mass is 9.84. The van der Waals surface area contributed by atoms with Gasteiger partial charge < -0.3 is 15.3 Å². The number of thiophene rings is 1. The smallest absolute Gasteiger partial charge is 0.310 e. The van der Waals surface area contributed by atoms with Crippen LogP contribution in [0, 0.1) is 11.8 Å². The van der Waals surface area contributed by atoms with Crippen molar-refractivity contribution in [3.63, 3.8) is 0 Å². The number of unbranched alkanes of at least 4 members (excludes halogenated alkanes) is 1. The summed E-state index contributed by atoms with van der Waals surface area (Å²) in [5.41, 5.74) is 4.07. The highest BCUT2D eigenvalue weighted by atomic mass is 32.1. The van der Waals surface area contributed by atoms with Crippen LogP contribution in [0.4, 0.5) is 0 Å². The number of hydrogen-bond acceptors (Lipinski definition) is 6. The van der Waals surface area contributed by atoms with E-state index in [0.29, 0.717) is 10.7 Å². The van der Waals surface area contributed by atoms with E-state index in [1.807, 2.05) is 42.7 Å². The maximum Gasteiger partial charge on any atom is 0.310 e. The normalized spacial score (nSPS) is 17.7. The van der Waals surface area contributed by atoms with Crippen molar-refractivity contribution in [3.8, 4) is 11.4 Å². The van der Waals surface area contributed by atoms with Crippen LogP contribution in [0.15, 0.2) is 54.9 Å². The van der Waals surface area contributed by atoms with Crippen molar-refractivity contribution in [1.29, 1.82) is 0 Å². The van der Waals surface area contributed by atoms with Crippen LogP contribution >= 0.6 is 11.3 Å². The molecular weight excluding hydrogens is 584 g/mol. The van der Waals surface area contributed by atoms with Gasteiger partial charge in [0.15, 0.2) is 5.82 Å². The van der Waals surface area contributed by atoms with Gasteiger partial charge in [0, 0.05) is 47.9 Å². The Kier molecular flexibility index (Phi) is 10.2. The summed E-state index contributed by atoms with van der Waals surface area (Å²) >= 11 is 1.42. The number of amides is 2. The molecule has 2 atom stereocenters. The van der Waals surface area contributed by atoms with Crippen molar-refractivity contribution < 1.29 is 19.5 Å². The molecule has 0 bridgehead atoms. The fraction of sp³-hybridized carbons (Fsp3) is 0.472. The number of carboxylic acid groups (broad SMARTS) is 1. The Bertz CT molecular complexity index is 1530. The van der Waals surface area contributed by atoms with Gasteiger partial charge in [-0.15, -0.1) is 11.3 Å². The Labute approximate surface area is 270 Å². The lowest BCUT2D eigenvalue weighted by Crippen LogP contribution is -2.59. The summed E-state index contributed by atoms with van der Waals surface area (Å²) in [5, 5.41) is 12.2. The average molecular weight is 629 g/mol. The number of allylic oxidation sites excluding steroid dienone is 2. The summed E-state index contributed by atoms with van der Waals surface area (Å²) < 4.78 is 0. The minimum atomic E-state index is -0.912. The molecule has 2 N–H and O–H groups in total. The summed E-state index contributed by atoms with van der Waals surface area (Å²) in [5.74, 6) is -0.634. The maximum absolute atomic E-state index is 13.4. The molecule has 0 saturated carbocycles. The van der Waals surface area contributed by atoms with Gasteiger partial charge in [-0.1, -0.05) is 77.3 Å². The zero-order valence-corrected chi connectivity index (χ0v) is 27.5. The van der Waals surface area contributed by atoms with Gasteiger partial charge in [0.2, 0.25) is 5.91 Å². The van der Waals surface area contributed by atoms with E-state index in [2.05, 4.69) is 49.1 Å². The molecule has 9 heteroatoms. The minimum Gasteiger partial charge on any atom is -0.481 e. The number of nitrogens with one attached hydrogen (secondary N) is 1. The van der Waals surface area contributed by atoms with E-state index < -0.39 is 17.9 Å². The number of rotatable bonds is 11. The van der Waals surface area contributed by atoms with Crippen LogP contribution in [-0.2, 0) is 21.4 Å². The van der Waals surface area contributed by atoms with E-state index in [9.17, 15) is 19.5 Å². The number of aliphatic carboxylic acids is 1. The van der Waals surface area contributed by atoms with Gasteiger partial charge in [-0.05, 0) is 53.9 Å². The maximum atomic E-state index is 13.4. The van der Waals surface area contributed by atoms with Crippen molar-refractivity contribution >= 4 is 34.7 Å². The largest absolute Gasteiger partial charge is 0.481 e. The predicted molar refractivity (Wildman–Crippen MR) is 178 cm³/mol. The van der Waals surface area contributed by atoms with Gasteiger partial charge in [0.05, 0.1) is 10.8 Å². The van der Waals surface area contributed by atoms with Crippen LogP contribution < -0.4 is 5.32 Å². The number of carboxylic acids is 1. The van der Waals surface area contributed by atoms with E-state index in [0.717, 1.165) is 40.3 Å². The molecule has 2 aliphatic rings. The molecule has 3 aromatic rings. The first kappa shape index (κ1) is 32.5. The summed E-state index contributed by atoms with van der Waals surface area (Å²) in [6.45, 7) is 8.83. The van der Waals surface area contributed by atoms with Gasteiger partial charge in [0.25, 0.3) is 5.91 Å². The van der Waals surface area contributed by atoms with Gasteiger partial charge in [-0.25, -0.2) is 9.97 Å². The quantitative estimate of drug-likeness (QED) is 0.243. The Balaban J connectivity index is 1.26. The highest BCUT2D eigenvalue weighted by Crippen LogP contribution is 2.33. The summed E-state index contributed by atoms with van der Waals surface area (Å²) in [4.78, 5) is 50.5. The Morgan fingerprint density at radius 2 is 1.76 bits per heavy atom. The standard InChI is InChI=1S/C36H44N4O4S/c1-5-6-7-23-8-12-25(13-9-23)27-19-37-32(38-20-27)26-14-10-24(11-15-26)18-29(34(42)40-21-28(22-40)35(43)44)39-33(41)30-16-17-31(45-30)36(2,3)4/h10-12,14-17,19-20,23,28-29H,5-9,13,18,21-22H2,1-4H3,(H,39,41)(H,43,44)/t23?,29-/m0/s1. The van der Waals surface area contributed by atoms with Crippen LogP contribution in [-0.4, -0.2) is 56.9 Å². The van der Waals surface area contributed by atoms with Crippen molar-refractivity contribution in [3.05, 3.63) is 75.7 Å². The zero-order valence-electron chi connectivity index (χ0n) is 26.7. The molecule has 2 aromatic heterocycles. The van der Waals surface area contributed by atoms with Crippen LogP contribution in [0.5, 0.6) is 0 Å². The number of aromatic nitrogens is 2. The number of likely N-dealkylation sites (tertiary alicyclic amines) is 1. The lowest BCUT2D eigenvalue weighted by Gasteiger charge is -2.38. The Hall–Kier alpha value is -3.85. The highest BCUT2D eigenvalue weighted by Gasteiger charge is 2.39. The zero-order chi connectivity index (χ0) is 32.1. The second kappa shape index (κ2) is 14.1. The first-order valence-electron chi connectivity index (χ1n) is 16.0. The fourth-order valence-corrected chi connectivity index (χ4v) is 6.87. The number of nitrogens with zero attached hydrogens (tertiary/aromatic N) is 3. The molecular formula is C36H44N4O4S. The van der Waals surface area contributed by atoms with Crippen molar-refractivity contribution in [2.24, 2.45) is 11.8 Å². The molecule has 1 fully saturated rings. The third kappa shape index (κ3) is 8.06. The molecule has 2 amide bonds. The van der Waals surface area contributed by atoms with Crippen LogP contribution in [0.25, 0.3) is 17.0 Å². The van der Waals surface area contributed by atoms with E-state index in [1.54, 1.807) is 6.07 Å². The molecule has 3 heterocycles. The van der Waals surface area contributed by atoms with Gasteiger partial charge in [-0.3, -0.25) is 14.4 Å². The third-order valence-electron chi connectivity index (χ3n) is 8.87. The molecule has 0 radical (unpaired) electrons. The van der Waals surface area contributed by atoms with E-state index >= 15 is 0 Å². The Morgan fingerprint density at radius 1 is 1.04 bits per heavy atom. The topological polar surface area (TPSA) is 112 Å². The molecule has 1 saturated heterocycles. The summed E-state index contributed by atoms with van der Waals surface area (Å²) in [6, 6.07) is 10.7. The molecule has 1 aromatic carbocycles. The van der Waals surface area contributed by atoms with E-state index in [1.165, 1.54) is 47.5 Å². The number of carbonyl (C=O) groups excluding carboxylic acids is 2. The molecule has 45 heavy (non-hydrogen) atoms. The number of hydrogen-bond donors (Lipinski definition) is 2. The monoisotopic (exact) mass is 628 g/mol. The summed E-state index contributed by atoms with van der Waals surface area (Å²) in [7, 11) is 0. The van der Waals surface area contributed by atoms with Crippen molar-refractivity contribution in [2.45, 2.75) is 84.1 Å². The van der Waals surface area contributed by atoms with Gasteiger partial charge in [0.1, 0.15) is 6.04 Å². The lowest BCUT2D eigenvalue weighted by molar-refractivity contribution is -0.153. The second-order valence-corrected chi connectivity index (χ2v) is 14.5. The van der Waals surface area contributed by atoms with E-state index in [-0.39, 0.29) is 36.7 Å². The third-order valence-corrected chi connectivity index (χ3v) is 10.4.